The van der Waals surface area contributed by atoms with Crippen LogP contribution in [0.5, 0.6) is 5.75 Å². The van der Waals surface area contributed by atoms with Crippen molar-refractivity contribution in [3.63, 3.8) is 0 Å². The Morgan fingerprint density at radius 1 is 1.15 bits per heavy atom. The molecule has 2 rings (SSSR count). The van der Waals surface area contributed by atoms with E-state index in [0.29, 0.717) is 44.8 Å². The molecule has 0 bridgehead atoms. The molecule has 1 saturated heterocycles. The molecule has 46 heavy (non-hydrogen) atoms. The van der Waals surface area contributed by atoms with Gasteiger partial charge in [0.15, 0.2) is 0 Å². The molecular weight excluding hydrogens is 633 g/mol. The van der Waals surface area contributed by atoms with E-state index in [4.69, 9.17) is 10.0 Å². The zero-order valence-electron chi connectivity index (χ0n) is 28.0. The van der Waals surface area contributed by atoms with E-state index in [9.17, 15) is 31.0 Å². The number of alkyl halides is 5. The third kappa shape index (κ3) is 17.1. The normalized spacial score (nSPS) is 15.4. The molecule has 0 radical (unpaired) electrons. The van der Waals surface area contributed by atoms with Crippen LogP contribution in [-0.2, 0) is 15.8 Å². The van der Waals surface area contributed by atoms with Crippen molar-refractivity contribution >= 4 is 23.7 Å². The smallest absolute Gasteiger partial charge is 0.426 e. The molecule has 0 aliphatic carbocycles. The van der Waals surface area contributed by atoms with Crippen LogP contribution in [0.4, 0.5) is 22.0 Å². The number of amides is 1. The molecule has 1 aromatic rings. The van der Waals surface area contributed by atoms with E-state index in [-0.39, 0.29) is 11.0 Å². The van der Waals surface area contributed by atoms with Crippen molar-refractivity contribution in [2.75, 3.05) is 39.0 Å². The molecule has 1 atom stereocenters. The third-order valence-corrected chi connectivity index (χ3v) is 8.54. The number of ether oxygens (including phenoxy) is 1. The number of nitrogens with one attached hydrogen (secondary N) is 1. The Kier molecular flexibility index (Phi) is 22.2. The molecule has 8 nitrogen and oxygen atoms in total. The van der Waals surface area contributed by atoms with Gasteiger partial charge in [-0.15, -0.1) is 0 Å². The molecule has 1 fully saturated rings. The standard InChI is InChI=1S/C23H31F5N2O3S.C7H12.CH5NO.CH2O/c1-5-30(12-9-17(2)3)34(32)16-21(4)10-13-29(14-11-21)20(31)18-7-6-8-19(15-18)33-23(27,28)22(24,25)26;1-4-6-7(3)5-2;1-2-3;1-2/h6-9,15H,5,10-14,16H2,1-4H3;4-6H,1-3H3;2-3H,1H3;1H2/b;6-4-,7-5-;;. The molecule has 1 aliphatic heterocycles. The average molecular weight is 684 g/mol. The zero-order valence-corrected chi connectivity index (χ0v) is 28.9. The van der Waals surface area contributed by atoms with Crippen LogP contribution in [0, 0.1) is 5.41 Å². The Balaban J connectivity index is 0. The van der Waals surface area contributed by atoms with Crippen molar-refractivity contribution in [3.8, 4) is 5.75 Å². The summed E-state index contributed by atoms with van der Waals surface area (Å²) in [4.78, 5) is 22.4. The van der Waals surface area contributed by atoms with E-state index in [1.807, 2.05) is 64.8 Å². The van der Waals surface area contributed by atoms with Gasteiger partial charge >= 0.3 is 12.3 Å². The van der Waals surface area contributed by atoms with Crippen molar-refractivity contribution in [1.82, 2.24) is 14.7 Å². The van der Waals surface area contributed by atoms with E-state index in [1.165, 1.54) is 29.7 Å². The van der Waals surface area contributed by atoms with E-state index in [0.717, 1.165) is 17.7 Å². The van der Waals surface area contributed by atoms with Crippen LogP contribution >= 0.6 is 0 Å². The lowest BCUT2D eigenvalue weighted by Gasteiger charge is -2.40. The number of benzene rings is 1. The van der Waals surface area contributed by atoms with E-state index < -0.39 is 34.9 Å². The quantitative estimate of drug-likeness (QED) is 0.116. The van der Waals surface area contributed by atoms with Gasteiger partial charge in [-0.3, -0.25) is 4.79 Å². The van der Waals surface area contributed by atoms with Gasteiger partial charge in [0.1, 0.15) is 12.5 Å². The summed E-state index contributed by atoms with van der Waals surface area (Å²) in [7, 11) is 0.247. The second kappa shape index (κ2) is 22.6. The number of carbonyl (C=O) groups is 2. The van der Waals surface area contributed by atoms with Crippen molar-refractivity contribution < 1.29 is 45.7 Å². The first-order chi connectivity index (χ1) is 21.4. The average Bonchev–Trinajstić information content (AvgIpc) is 2.98. The van der Waals surface area contributed by atoms with Crippen LogP contribution in [0.1, 0.15) is 71.7 Å². The minimum absolute atomic E-state index is 0.0402. The molecule has 1 heterocycles. The fourth-order valence-electron chi connectivity index (χ4n) is 3.86. The second-order valence-electron chi connectivity index (χ2n) is 10.7. The molecule has 1 aliphatic rings. The number of hydroxylamine groups is 1. The minimum Gasteiger partial charge on any atom is -0.426 e. The number of allylic oxidation sites excluding steroid dienone is 5. The van der Waals surface area contributed by atoms with E-state index >= 15 is 0 Å². The van der Waals surface area contributed by atoms with Gasteiger partial charge in [-0.2, -0.15) is 22.0 Å². The summed E-state index contributed by atoms with van der Waals surface area (Å²) in [5.41, 5.74) is 3.92. The Labute approximate surface area is 272 Å². The second-order valence-corrected chi connectivity index (χ2v) is 12.2. The van der Waals surface area contributed by atoms with Crippen molar-refractivity contribution in [2.45, 2.75) is 73.6 Å². The number of halogens is 5. The number of likely N-dealkylation sites (N-methyl/N-ethyl adjacent to an activating group) is 1. The molecule has 1 amide bonds. The van der Waals surface area contributed by atoms with Crippen LogP contribution < -0.4 is 10.2 Å². The largest absolute Gasteiger partial charge is 0.499 e. The molecule has 1 aromatic carbocycles. The van der Waals surface area contributed by atoms with Crippen LogP contribution in [0.25, 0.3) is 0 Å². The van der Waals surface area contributed by atoms with Gasteiger partial charge in [-0.05, 0) is 71.1 Å². The number of nitrogens with zero attached hydrogens (tertiary/aromatic N) is 2. The van der Waals surface area contributed by atoms with Crippen molar-refractivity contribution in [1.29, 1.82) is 0 Å². The van der Waals surface area contributed by atoms with Crippen LogP contribution in [0.15, 0.2) is 59.7 Å². The predicted molar refractivity (Wildman–Crippen MR) is 173 cm³/mol. The van der Waals surface area contributed by atoms with Gasteiger partial charge in [-0.25, -0.2) is 14.0 Å². The van der Waals surface area contributed by atoms with Gasteiger partial charge in [0, 0.05) is 44.5 Å². The van der Waals surface area contributed by atoms with Gasteiger partial charge in [-0.1, -0.05) is 55.4 Å². The van der Waals surface area contributed by atoms with Crippen molar-refractivity contribution in [3.05, 3.63) is 65.3 Å². The maximum atomic E-state index is 13.2. The van der Waals surface area contributed by atoms with Gasteiger partial charge in [0.25, 0.3) is 5.91 Å². The van der Waals surface area contributed by atoms with Crippen LogP contribution in [0.3, 0.4) is 0 Å². The van der Waals surface area contributed by atoms with Gasteiger partial charge < -0.3 is 19.6 Å². The van der Waals surface area contributed by atoms with Gasteiger partial charge in [0.2, 0.25) is 0 Å². The first-order valence-corrected chi connectivity index (χ1v) is 15.8. The highest BCUT2D eigenvalue weighted by atomic mass is 32.2. The molecule has 0 spiro atoms. The molecule has 2 N–H and O–H groups in total. The van der Waals surface area contributed by atoms with Crippen LogP contribution in [-0.4, -0.2) is 82.6 Å². The topological polar surface area (TPSA) is 99.2 Å². The number of rotatable bonds is 10. The fourth-order valence-corrected chi connectivity index (χ4v) is 5.46. The molecule has 0 aromatic heterocycles. The molecular formula is C32H50F5N3O5S. The van der Waals surface area contributed by atoms with Crippen LogP contribution in [0.2, 0.25) is 0 Å². The Morgan fingerprint density at radius 3 is 2.11 bits per heavy atom. The number of carbonyl (C=O) groups excluding carboxylic acids is 2. The lowest BCUT2D eigenvalue weighted by molar-refractivity contribution is -0.360. The molecule has 14 heteroatoms. The van der Waals surface area contributed by atoms with Crippen molar-refractivity contribution in [2.24, 2.45) is 5.41 Å². The molecule has 1 unspecified atom stereocenters. The maximum absolute atomic E-state index is 13.2. The first kappa shape index (κ1) is 45.2. The summed E-state index contributed by atoms with van der Waals surface area (Å²) in [5, 5.41) is 7.32. The highest BCUT2D eigenvalue weighted by Gasteiger charge is 2.61. The maximum Gasteiger partial charge on any atom is 0.499 e. The lowest BCUT2D eigenvalue weighted by Crippen LogP contribution is -2.45. The predicted octanol–water partition coefficient (Wildman–Crippen LogP) is 7.35. The fraction of sp³-hybridized carbons (Fsp3) is 0.562. The van der Waals surface area contributed by atoms with E-state index in [1.54, 1.807) is 5.48 Å². The summed E-state index contributed by atoms with van der Waals surface area (Å²) >= 11 is 0. The monoisotopic (exact) mass is 683 g/mol. The Morgan fingerprint density at radius 2 is 1.70 bits per heavy atom. The highest BCUT2D eigenvalue weighted by Crippen LogP contribution is 2.38. The zero-order chi connectivity index (χ0) is 36.1. The number of hydrogen-bond acceptors (Lipinski definition) is 6. The minimum atomic E-state index is -5.87. The summed E-state index contributed by atoms with van der Waals surface area (Å²) in [6.45, 7) is 18.0. The van der Waals surface area contributed by atoms with E-state index in [2.05, 4.69) is 23.8 Å². The summed E-state index contributed by atoms with van der Waals surface area (Å²) in [6.07, 6.45) is -1.83. The Hall–Kier alpha value is -2.94. The summed E-state index contributed by atoms with van der Waals surface area (Å²) < 4.78 is 82.2. The number of piperidine rings is 1. The summed E-state index contributed by atoms with van der Waals surface area (Å²) in [6, 6.07) is 4.35. The summed E-state index contributed by atoms with van der Waals surface area (Å²) in [5.74, 6) is -0.779. The first-order valence-electron chi connectivity index (χ1n) is 14.5. The SMILES string of the molecule is C/C=C\C(C)=C/C.C=O.CCN(CC=C(C)C)S(=O)CC1(C)CCN(C(=O)c2cccc(OC(F)(F)C(F)(F)F)c2)CC1.CNO. The van der Waals surface area contributed by atoms with Gasteiger partial charge in [0.05, 0.1) is 11.0 Å². The third-order valence-electron chi connectivity index (χ3n) is 6.62. The molecule has 264 valence electrons. The molecule has 0 saturated carbocycles. The number of hydrogen-bond donors (Lipinski definition) is 2. The highest BCUT2D eigenvalue weighted by molar-refractivity contribution is 7.82. The lowest BCUT2D eigenvalue weighted by atomic mass is 9.82. The number of likely N-dealkylation sites (tertiary alicyclic amines) is 1. The Bertz CT molecular complexity index is 1150.